The van der Waals surface area contributed by atoms with Gasteiger partial charge in [0.25, 0.3) is 11.5 Å². The highest BCUT2D eigenvalue weighted by Gasteiger charge is 2.22. The molecule has 154 valence electrons. The number of carboxylic acids is 1. The lowest BCUT2D eigenvalue weighted by Gasteiger charge is -2.12. The Balaban J connectivity index is 2.59. The van der Waals surface area contributed by atoms with Crippen molar-refractivity contribution < 1.29 is 34.4 Å². The molecule has 0 atom stereocenters. The Morgan fingerprint density at radius 2 is 2.00 bits per heavy atom. The summed E-state index contributed by atoms with van der Waals surface area (Å²) in [7, 11) is 0. The second-order valence-electron chi connectivity index (χ2n) is 5.50. The quantitative estimate of drug-likeness (QED) is 0.214. The number of aromatic nitrogens is 1. The molecular weight excluding hydrogens is 408 g/mol. The predicted octanol–water partition coefficient (Wildman–Crippen LogP) is 2.52. The Labute approximate surface area is 167 Å². The van der Waals surface area contributed by atoms with E-state index in [0.29, 0.717) is 12.0 Å². The Bertz CT molecular complexity index is 1050. The van der Waals surface area contributed by atoms with E-state index in [-0.39, 0.29) is 39.5 Å². The fraction of sp³-hybridized carbons (Fsp3) is 0.188. The molecule has 0 saturated heterocycles. The molecule has 1 heterocycles. The normalized spacial score (nSPS) is 11.1. The fourth-order valence-electron chi connectivity index (χ4n) is 2.49. The standard InChI is InChI=1S/C16H16N4O8S/c1-3-20-14(22)11(13(17)21)7(2)12(15(20)23)19-18-10-5-4-8(29-28-27-26)6-9(10)16(24)25/h4-6,23,26H,3H2,1-2H3,(H2,17,21)(H,24,25)/b19-18+. The van der Waals surface area contributed by atoms with Crippen LogP contribution in [0.15, 0.2) is 38.1 Å². The average molecular weight is 424 g/mol. The molecule has 2 rings (SSSR count). The largest absolute Gasteiger partial charge is 0.493 e. The third-order valence-electron chi connectivity index (χ3n) is 3.84. The van der Waals surface area contributed by atoms with Gasteiger partial charge in [-0.05, 0) is 32.0 Å². The minimum absolute atomic E-state index is 0.00555. The van der Waals surface area contributed by atoms with Gasteiger partial charge in [-0.3, -0.25) is 14.2 Å². The Morgan fingerprint density at radius 1 is 1.31 bits per heavy atom. The minimum atomic E-state index is -1.33. The summed E-state index contributed by atoms with van der Waals surface area (Å²) in [5.41, 5.74) is 3.59. The van der Waals surface area contributed by atoms with Crippen molar-refractivity contribution in [2.75, 3.05) is 0 Å². The second kappa shape index (κ2) is 9.29. The number of rotatable bonds is 8. The molecule has 5 N–H and O–H groups in total. The zero-order valence-electron chi connectivity index (χ0n) is 15.1. The predicted molar refractivity (Wildman–Crippen MR) is 99.5 cm³/mol. The summed E-state index contributed by atoms with van der Waals surface area (Å²) in [6.45, 7) is 2.96. The molecule has 1 amide bonds. The van der Waals surface area contributed by atoms with Crippen LogP contribution < -0.4 is 11.3 Å². The molecule has 0 fully saturated rings. The first-order valence-electron chi connectivity index (χ1n) is 7.92. The van der Waals surface area contributed by atoms with Gasteiger partial charge in [0.1, 0.15) is 16.9 Å². The van der Waals surface area contributed by atoms with E-state index in [9.17, 15) is 24.6 Å². The highest BCUT2D eigenvalue weighted by molar-refractivity contribution is 7.94. The first kappa shape index (κ1) is 22.0. The zero-order chi connectivity index (χ0) is 21.7. The molecule has 0 aliphatic heterocycles. The summed E-state index contributed by atoms with van der Waals surface area (Å²) in [6.07, 6.45) is 0. The molecule has 0 spiro atoms. The van der Waals surface area contributed by atoms with Gasteiger partial charge in [-0.2, -0.15) is 0 Å². The van der Waals surface area contributed by atoms with E-state index < -0.39 is 23.3 Å². The van der Waals surface area contributed by atoms with Crippen LogP contribution in [-0.4, -0.2) is 31.9 Å². The summed E-state index contributed by atoms with van der Waals surface area (Å²) >= 11 is 0.554. The van der Waals surface area contributed by atoms with Crippen LogP contribution in [0.1, 0.15) is 33.2 Å². The maximum Gasteiger partial charge on any atom is 0.338 e. The third-order valence-corrected chi connectivity index (χ3v) is 4.41. The third kappa shape index (κ3) is 4.60. The van der Waals surface area contributed by atoms with E-state index in [2.05, 4.69) is 19.6 Å². The molecule has 13 heteroatoms. The van der Waals surface area contributed by atoms with E-state index >= 15 is 0 Å². The molecule has 0 aliphatic rings. The number of carbonyl (C=O) groups is 2. The van der Waals surface area contributed by atoms with Crippen molar-refractivity contribution in [2.24, 2.45) is 16.0 Å². The molecule has 0 bridgehead atoms. The van der Waals surface area contributed by atoms with Gasteiger partial charge in [-0.25, -0.2) is 10.1 Å². The highest BCUT2D eigenvalue weighted by atomic mass is 32.2. The van der Waals surface area contributed by atoms with Gasteiger partial charge in [0.05, 0.1) is 17.6 Å². The molecule has 0 radical (unpaired) electrons. The lowest BCUT2D eigenvalue weighted by molar-refractivity contribution is -0.432. The molecule has 2 aromatic rings. The average Bonchev–Trinajstić information content (AvgIpc) is 2.66. The summed E-state index contributed by atoms with van der Waals surface area (Å²) in [6, 6.07) is 3.90. The lowest BCUT2D eigenvalue weighted by atomic mass is 10.1. The van der Waals surface area contributed by atoms with E-state index in [1.165, 1.54) is 25.1 Å². The van der Waals surface area contributed by atoms with Crippen molar-refractivity contribution in [1.29, 1.82) is 0 Å². The van der Waals surface area contributed by atoms with Gasteiger partial charge in [-0.15, -0.1) is 14.6 Å². The molecule has 0 aliphatic carbocycles. The summed E-state index contributed by atoms with van der Waals surface area (Å²) in [4.78, 5) is 35.7. The SMILES string of the molecule is CCn1c(O)c(/N=N/c2ccc(SOOO)cc2C(=O)O)c(C)c(C(N)=O)c1=O. The fourth-order valence-corrected chi connectivity index (χ4v) is 2.89. The summed E-state index contributed by atoms with van der Waals surface area (Å²) in [5, 5.41) is 39.0. The van der Waals surface area contributed by atoms with Crippen LogP contribution in [0.25, 0.3) is 0 Å². The van der Waals surface area contributed by atoms with Gasteiger partial charge in [0, 0.05) is 17.0 Å². The van der Waals surface area contributed by atoms with Crippen LogP contribution in [0, 0.1) is 6.92 Å². The number of amides is 1. The smallest absolute Gasteiger partial charge is 0.338 e. The number of pyridine rings is 1. The monoisotopic (exact) mass is 424 g/mol. The second-order valence-corrected chi connectivity index (χ2v) is 6.27. The Hall–Kier alpha value is -3.26. The number of carboxylic acid groups (broad SMARTS) is 1. The molecule has 1 aromatic carbocycles. The van der Waals surface area contributed by atoms with Crippen LogP contribution >= 0.6 is 12.0 Å². The highest BCUT2D eigenvalue weighted by Crippen LogP contribution is 2.34. The van der Waals surface area contributed by atoms with E-state index in [0.717, 1.165) is 4.57 Å². The van der Waals surface area contributed by atoms with Crippen molar-refractivity contribution in [3.05, 3.63) is 45.2 Å². The first-order chi connectivity index (χ1) is 13.7. The number of aromatic carboxylic acids is 1. The molecular formula is C16H16N4O8S. The number of aromatic hydroxyl groups is 1. The maximum atomic E-state index is 12.3. The van der Waals surface area contributed by atoms with Crippen LogP contribution in [0.3, 0.4) is 0 Å². The van der Waals surface area contributed by atoms with Gasteiger partial charge >= 0.3 is 5.97 Å². The van der Waals surface area contributed by atoms with Crippen molar-refractivity contribution in [3.8, 4) is 5.88 Å². The number of primary amides is 1. The minimum Gasteiger partial charge on any atom is -0.493 e. The topological polar surface area (TPSA) is 186 Å². The number of azo groups is 1. The van der Waals surface area contributed by atoms with E-state index in [1.54, 1.807) is 6.92 Å². The number of nitrogens with zero attached hydrogens (tertiary/aromatic N) is 3. The zero-order valence-corrected chi connectivity index (χ0v) is 16.0. The summed E-state index contributed by atoms with van der Waals surface area (Å²) < 4.78 is 5.14. The van der Waals surface area contributed by atoms with Crippen LogP contribution in [0.5, 0.6) is 5.88 Å². The van der Waals surface area contributed by atoms with Crippen molar-refractivity contribution in [3.63, 3.8) is 0 Å². The molecule has 0 unspecified atom stereocenters. The lowest BCUT2D eigenvalue weighted by Crippen LogP contribution is -2.30. The Kier molecular flexibility index (Phi) is 7.06. The molecule has 29 heavy (non-hydrogen) atoms. The molecule has 0 saturated carbocycles. The van der Waals surface area contributed by atoms with Crippen LogP contribution in [0.2, 0.25) is 0 Å². The molecule has 1 aromatic heterocycles. The van der Waals surface area contributed by atoms with Gasteiger partial charge < -0.3 is 15.9 Å². The van der Waals surface area contributed by atoms with Gasteiger partial charge in [0.15, 0.2) is 0 Å². The number of hydrogen-bond acceptors (Lipinski definition) is 10. The van der Waals surface area contributed by atoms with Gasteiger partial charge in [-0.1, -0.05) is 5.04 Å². The van der Waals surface area contributed by atoms with Crippen LogP contribution in [-0.2, 0) is 15.9 Å². The number of benzene rings is 1. The first-order valence-corrected chi connectivity index (χ1v) is 8.67. The molecule has 12 nitrogen and oxygen atoms in total. The van der Waals surface area contributed by atoms with Crippen molar-refractivity contribution >= 4 is 35.3 Å². The van der Waals surface area contributed by atoms with E-state index in [4.69, 9.17) is 11.0 Å². The van der Waals surface area contributed by atoms with Gasteiger partial charge in [0.2, 0.25) is 5.88 Å². The number of carbonyl (C=O) groups excluding carboxylic acids is 1. The number of hydrogen-bond donors (Lipinski definition) is 4. The van der Waals surface area contributed by atoms with Crippen LogP contribution in [0.4, 0.5) is 11.4 Å². The van der Waals surface area contributed by atoms with E-state index in [1.807, 2.05) is 0 Å². The van der Waals surface area contributed by atoms with Crippen molar-refractivity contribution in [2.45, 2.75) is 25.3 Å². The number of nitrogens with two attached hydrogens (primary N) is 1. The summed E-state index contributed by atoms with van der Waals surface area (Å²) in [5.74, 6) is -2.87. The maximum absolute atomic E-state index is 12.3. The van der Waals surface area contributed by atoms with Crippen molar-refractivity contribution in [1.82, 2.24) is 4.57 Å². The Morgan fingerprint density at radius 3 is 2.55 bits per heavy atom.